The first kappa shape index (κ1) is 25.1. The van der Waals surface area contributed by atoms with Gasteiger partial charge in [-0.2, -0.15) is 10.2 Å². The number of amides is 1. The van der Waals surface area contributed by atoms with Crippen LogP contribution in [0, 0.1) is 0 Å². The second-order valence-electron chi connectivity index (χ2n) is 9.29. The lowest BCUT2D eigenvalue weighted by molar-refractivity contribution is 0.0372. The maximum Gasteiger partial charge on any atom is 0.259 e. The van der Waals surface area contributed by atoms with Gasteiger partial charge in [0.15, 0.2) is 0 Å². The van der Waals surface area contributed by atoms with Gasteiger partial charge in [-0.25, -0.2) is 4.98 Å². The molecule has 2 aliphatic heterocycles. The molecule has 0 aliphatic carbocycles. The Morgan fingerprint density at radius 2 is 2.22 bits per heavy atom. The molecule has 4 heterocycles. The van der Waals surface area contributed by atoms with Gasteiger partial charge in [0.2, 0.25) is 5.95 Å². The van der Waals surface area contributed by atoms with E-state index in [9.17, 15) is 9.90 Å². The van der Waals surface area contributed by atoms with Gasteiger partial charge in [-0.15, -0.1) is 0 Å². The van der Waals surface area contributed by atoms with Crippen LogP contribution in [0.3, 0.4) is 0 Å². The van der Waals surface area contributed by atoms with Crippen LogP contribution in [-0.4, -0.2) is 88.4 Å². The number of hydrogen-bond donors (Lipinski definition) is 2. The molecule has 37 heavy (non-hydrogen) atoms. The van der Waals surface area contributed by atoms with Gasteiger partial charge < -0.3 is 24.0 Å². The van der Waals surface area contributed by atoms with Crippen molar-refractivity contribution in [1.29, 1.82) is 0 Å². The van der Waals surface area contributed by atoms with E-state index >= 15 is 0 Å². The van der Waals surface area contributed by atoms with Crippen molar-refractivity contribution in [3.8, 4) is 5.75 Å². The minimum absolute atomic E-state index is 0.0503. The van der Waals surface area contributed by atoms with Gasteiger partial charge in [-0.05, 0) is 37.1 Å². The summed E-state index contributed by atoms with van der Waals surface area (Å²) < 4.78 is 13.5. The maximum atomic E-state index is 13.2. The number of benzene rings is 1. The smallest absolute Gasteiger partial charge is 0.259 e. The molecule has 1 aromatic carbocycles. The van der Waals surface area contributed by atoms with E-state index in [1.54, 1.807) is 19.3 Å². The molecule has 5 rings (SSSR count). The molecule has 1 fully saturated rings. The lowest BCUT2D eigenvalue weighted by Gasteiger charge is -2.33. The number of aliphatic hydroxyl groups excluding tert-OH is 1. The first-order chi connectivity index (χ1) is 18.1. The van der Waals surface area contributed by atoms with E-state index in [0.29, 0.717) is 37.8 Å². The highest BCUT2D eigenvalue weighted by molar-refractivity contribution is 6.05. The van der Waals surface area contributed by atoms with E-state index in [4.69, 9.17) is 14.5 Å². The Kier molecular flexibility index (Phi) is 7.63. The Balaban J connectivity index is 1.64. The average Bonchev–Trinajstić information content (AvgIpc) is 3.12. The summed E-state index contributed by atoms with van der Waals surface area (Å²) in [7, 11) is 1.69. The molecule has 2 atom stereocenters. The van der Waals surface area contributed by atoms with Gasteiger partial charge in [0.25, 0.3) is 5.91 Å². The van der Waals surface area contributed by atoms with Gasteiger partial charge in [0, 0.05) is 26.7 Å². The lowest BCUT2D eigenvalue weighted by Crippen LogP contribution is -2.38. The Bertz CT molecular complexity index is 1250. The second-order valence-corrected chi connectivity index (χ2v) is 9.29. The summed E-state index contributed by atoms with van der Waals surface area (Å²) in [5, 5.41) is 21.2. The summed E-state index contributed by atoms with van der Waals surface area (Å²) in [5.74, 6) is 0.913. The number of aromatic nitrogens is 4. The van der Waals surface area contributed by atoms with Gasteiger partial charge >= 0.3 is 0 Å². The number of anilines is 2. The van der Waals surface area contributed by atoms with Crippen molar-refractivity contribution in [3.05, 3.63) is 48.8 Å². The summed E-state index contributed by atoms with van der Waals surface area (Å²) in [6, 6.07) is 5.44. The highest BCUT2D eigenvalue weighted by Crippen LogP contribution is 2.42. The second kappa shape index (κ2) is 11.2. The van der Waals surface area contributed by atoms with Crippen molar-refractivity contribution < 1.29 is 19.4 Å². The van der Waals surface area contributed by atoms with Crippen molar-refractivity contribution >= 4 is 28.6 Å². The van der Waals surface area contributed by atoms with Crippen molar-refractivity contribution in [2.24, 2.45) is 0 Å². The summed E-state index contributed by atoms with van der Waals surface area (Å²) in [6.07, 6.45) is 6.53. The molecule has 2 unspecified atom stereocenters. The normalized spacial score (nSPS) is 19.1. The molecule has 1 amide bonds. The fourth-order valence-corrected chi connectivity index (χ4v) is 5.17. The van der Waals surface area contributed by atoms with Crippen LogP contribution in [0.5, 0.6) is 5.75 Å². The number of nitrogens with zero attached hydrogens (tertiary/aromatic N) is 6. The quantitative estimate of drug-likeness (QED) is 0.443. The monoisotopic (exact) mass is 507 g/mol. The Morgan fingerprint density at radius 3 is 3.00 bits per heavy atom. The molecule has 0 bridgehead atoms. The van der Waals surface area contributed by atoms with Crippen molar-refractivity contribution in [3.63, 3.8) is 0 Å². The van der Waals surface area contributed by atoms with Crippen LogP contribution >= 0.6 is 0 Å². The van der Waals surface area contributed by atoms with Crippen LogP contribution < -0.4 is 15.0 Å². The molecule has 3 aromatic rings. The number of carbonyl (C=O) groups is 1. The zero-order valence-electron chi connectivity index (χ0n) is 21.0. The number of likely N-dealkylation sites (tertiary alicyclic amines) is 1. The minimum atomic E-state index is -0.744. The fourth-order valence-electron chi connectivity index (χ4n) is 5.17. The zero-order chi connectivity index (χ0) is 25.8. The largest absolute Gasteiger partial charge is 0.489 e. The van der Waals surface area contributed by atoms with Crippen molar-refractivity contribution in [2.45, 2.75) is 31.5 Å². The summed E-state index contributed by atoms with van der Waals surface area (Å²) >= 11 is 0. The Morgan fingerprint density at radius 1 is 1.32 bits per heavy atom. The topological polar surface area (TPSA) is 118 Å². The highest BCUT2D eigenvalue weighted by Gasteiger charge is 2.31. The molecule has 1 saturated heterocycles. The Labute approximate surface area is 215 Å². The highest BCUT2D eigenvalue weighted by atomic mass is 16.5. The van der Waals surface area contributed by atoms with Crippen LogP contribution in [0.1, 0.15) is 35.7 Å². The molecular weight excluding hydrogens is 474 g/mol. The number of ether oxygens (including phenoxy) is 2. The number of aliphatic hydroxyl groups is 1. The first-order valence-corrected chi connectivity index (χ1v) is 12.6. The predicted molar refractivity (Wildman–Crippen MR) is 140 cm³/mol. The fraction of sp³-hybridized carbons (Fsp3) is 0.462. The van der Waals surface area contributed by atoms with Crippen LogP contribution in [-0.2, 0) is 4.74 Å². The van der Waals surface area contributed by atoms with Gasteiger partial charge in [0.1, 0.15) is 24.3 Å². The molecule has 11 nitrogen and oxygen atoms in total. The predicted octanol–water partition coefficient (Wildman–Crippen LogP) is 2.46. The summed E-state index contributed by atoms with van der Waals surface area (Å²) in [4.78, 5) is 22.3. The van der Waals surface area contributed by atoms with E-state index in [1.807, 2.05) is 17.0 Å². The molecule has 0 spiro atoms. The van der Waals surface area contributed by atoms with Crippen molar-refractivity contribution in [2.75, 3.05) is 56.7 Å². The molecular formula is C26H33N7O4. The van der Waals surface area contributed by atoms with E-state index < -0.39 is 6.23 Å². The molecule has 2 aliphatic rings. The van der Waals surface area contributed by atoms with Gasteiger partial charge in [-0.3, -0.25) is 15.0 Å². The molecule has 2 N–H and O–H groups in total. The molecule has 0 saturated carbocycles. The zero-order valence-corrected chi connectivity index (χ0v) is 21.0. The van der Waals surface area contributed by atoms with E-state index in [2.05, 4.69) is 31.6 Å². The van der Waals surface area contributed by atoms with Crippen LogP contribution in [0.25, 0.3) is 11.0 Å². The van der Waals surface area contributed by atoms with Crippen LogP contribution in [0.15, 0.2) is 43.2 Å². The van der Waals surface area contributed by atoms with E-state index in [1.165, 1.54) is 12.4 Å². The van der Waals surface area contributed by atoms with Gasteiger partial charge in [-0.1, -0.05) is 13.0 Å². The molecule has 196 valence electrons. The number of imidazole rings is 1. The molecule has 11 heteroatoms. The lowest BCUT2D eigenvalue weighted by atomic mass is 10.1. The number of nitrogens with one attached hydrogen (secondary N) is 1. The van der Waals surface area contributed by atoms with E-state index in [-0.39, 0.29) is 11.9 Å². The minimum Gasteiger partial charge on any atom is -0.489 e. The third kappa shape index (κ3) is 5.15. The molecule has 0 radical (unpaired) electrons. The first-order valence-electron chi connectivity index (χ1n) is 12.6. The number of hydrogen-bond acceptors (Lipinski definition) is 9. The van der Waals surface area contributed by atoms with Gasteiger partial charge in [0.05, 0.1) is 48.2 Å². The van der Waals surface area contributed by atoms with Crippen molar-refractivity contribution in [1.82, 2.24) is 24.6 Å². The number of fused-ring (bicyclic) bond motifs is 3. The number of methoxy groups -OCH3 is 1. The summed E-state index contributed by atoms with van der Waals surface area (Å²) in [6.45, 7) is 7.70. The third-order valence-electron chi connectivity index (χ3n) is 6.99. The standard InChI is InChI=1S/C26H33N7O4/c1-3-22(34)32-11-5-4-6-19(17-32)33-23-20(29-26(33)30-25(35)18-9-10-27-28-16-18)7-8-21-24(23)31(12-14-36-2)13-15-37-21/h3,7-10,16,19,22,34H,1,4-6,11-15,17H2,2H3,(H,29,30,35). The van der Waals surface area contributed by atoms with E-state index in [0.717, 1.165) is 54.8 Å². The molecule has 2 aromatic heterocycles. The summed E-state index contributed by atoms with van der Waals surface area (Å²) in [5.41, 5.74) is 3.00. The Hall–Kier alpha value is -3.54. The number of carbonyl (C=O) groups excluding carboxylic acids is 1. The average molecular weight is 508 g/mol. The maximum absolute atomic E-state index is 13.2. The van der Waals surface area contributed by atoms with Crippen LogP contribution in [0.4, 0.5) is 11.6 Å². The SMILES string of the molecule is C=CC(O)N1CCCCC(n2c(NC(=O)c3ccnnc3)nc3ccc4c(c32)N(CCOC)CCO4)C1. The third-order valence-corrected chi connectivity index (χ3v) is 6.99. The number of rotatable bonds is 8. The van der Waals surface area contributed by atoms with Crippen LogP contribution in [0.2, 0.25) is 0 Å².